The molecule has 0 atom stereocenters. The molecular weight excluding hydrogens is 249 g/mol. The van der Waals surface area contributed by atoms with E-state index in [0.717, 1.165) is 0 Å². The van der Waals surface area contributed by atoms with Gasteiger partial charge in [0.2, 0.25) is 0 Å². The fourth-order valence-corrected chi connectivity index (χ4v) is 1.13. The molecule has 70 valence electrons. The number of unbranched alkanes of at least 4 members (excludes halogenated alkanes) is 5. The highest BCUT2D eigenvalue weighted by molar-refractivity contribution is 4.41. The Bertz CT molecular complexity index is 49.5. The molecule has 0 aliphatic carbocycles. The minimum atomic E-state index is 0. The quantitative estimate of drug-likeness (QED) is 0.431. The first-order chi connectivity index (χ1) is 4.91. The van der Waals surface area contributed by atoms with Crippen molar-refractivity contribution >= 4 is 0 Å². The van der Waals surface area contributed by atoms with Crippen LogP contribution in [0.15, 0.2) is 0 Å². The molecule has 0 bridgehead atoms. The van der Waals surface area contributed by atoms with Gasteiger partial charge >= 0.3 is 0 Å². The second-order valence-corrected chi connectivity index (χ2v) is 2.96. The highest BCUT2D eigenvalue weighted by Gasteiger charge is 1.88. The van der Waals surface area contributed by atoms with E-state index in [1.165, 1.54) is 45.1 Å². The normalized spacial score (nSPS) is 9.27. The molecule has 0 saturated heterocycles. The Hall–Kier alpha value is 0.690. The van der Waals surface area contributed by atoms with Crippen LogP contribution in [-0.4, -0.2) is 13.6 Å². The average Bonchev–Trinajstić information content (AvgIpc) is 1.97. The lowest BCUT2D eigenvalue weighted by Crippen LogP contribution is -3.00. The zero-order valence-corrected chi connectivity index (χ0v) is 10.1. The van der Waals surface area contributed by atoms with Crippen molar-refractivity contribution in [2.75, 3.05) is 13.6 Å². The Balaban J connectivity index is 0. The molecule has 1 nitrogen and oxygen atoms in total. The maximum absolute atomic E-state index is 2.26. The van der Waals surface area contributed by atoms with Crippen LogP contribution in [0.4, 0.5) is 0 Å². The zero-order valence-electron chi connectivity index (χ0n) is 7.91. The third kappa shape index (κ3) is 13.7. The van der Waals surface area contributed by atoms with E-state index in [4.69, 9.17) is 0 Å². The first-order valence-corrected chi connectivity index (χ1v) is 4.69. The van der Waals surface area contributed by atoms with Crippen molar-refractivity contribution in [1.29, 1.82) is 0 Å². The second kappa shape index (κ2) is 13.3. The molecule has 0 unspecified atom stereocenters. The molecule has 0 aliphatic rings. The number of halogens is 1. The second-order valence-electron chi connectivity index (χ2n) is 2.96. The van der Waals surface area contributed by atoms with Gasteiger partial charge in [0.25, 0.3) is 0 Å². The molecule has 0 aliphatic heterocycles. The van der Waals surface area contributed by atoms with Crippen LogP contribution in [0.2, 0.25) is 0 Å². The van der Waals surface area contributed by atoms with Gasteiger partial charge in [-0.25, -0.2) is 0 Å². The van der Waals surface area contributed by atoms with E-state index in [1.54, 1.807) is 0 Å². The molecule has 0 spiro atoms. The Morgan fingerprint density at radius 1 is 0.909 bits per heavy atom. The van der Waals surface area contributed by atoms with Crippen molar-refractivity contribution in [2.45, 2.75) is 45.4 Å². The van der Waals surface area contributed by atoms with E-state index >= 15 is 0 Å². The third-order valence-electron chi connectivity index (χ3n) is 1.85. The SMILES string of the molecule is CCCCCCCC[NH2+]C.[I-]. The van der Waals surface area contributed by atoms with Crippen LogP contribution >= 0.6 is 0 Å². The molecule has 2 N–H and O–H groups in total. The van der Waals surface area contributed by atoms with Gasteiger partial charge in [0.1, 0.15) is 0 Å². The largest absolute Gasteiger partial charge is 1.00 e. The van der Waals surface area contributed by atoms with Gasteiger partial charge < -0.3 is 29.3 Å². The number of rotatable bonds is 7. The molecule has 0 saturated carbocycles. The maximum atomic E-state index is 2.26. The van der Waals surface area contributed by atoms with Gasteiger partial charge in [0.15, 0.2) is 0 Å². The average molecular weight is 271 g/mol. The van der Waals surface area contributed by atoms with Crippen molar-refractivity contribution < 1.29 is 29.3 Å². The first-order valence-electron chi connectivity index (χ1n) is 4.69. The van der Waals surface area contributed by atoms with Gasteiger partial charge in [-0.2, -0.15) is 0 Å². The highest BCUT2D eigenvalue weighted by Crippen LogP contribution is 2.03. The Labute approximate surface area is 88.4 Å². The highest BCUT2D eigenvalue weighted by atomic mass is 127. The topological polar surface area (TPSA) is 16.6 Å². The van der Waals surface area contributed by atoms with Crippen molar-refractivity contribution in [3.63, 3.8) is 0 Å². The molecule has 11 heavy (non-hydrogen) atoms. The summed E-state index contributed by atoms with van der Waals surface area (Å²) in [6, 6.07) is 0. The summed E-state index contributed by atoms with van der Waals surface area (Å²) in [5.74, 6) is 0. The van der Waals surface area contributed by atoms with Crippen molar-refractivity contribution in [3.05, 3.63) is 0 Å². The monoisotopic (exact) mass is 271 g/mol. The van der Waals surface area contributed by atoms with Crippen LogP contribution < -0.4 is 29.3 Å². The minimum absolute atomic E-state index is 0. The molecule has 2 heteroatoms. The van der Waals surface area contributed by atoms with Gasteiger partial charge in [0.05, 0.1) is 13.6 Å². The summed E-state index contributed by atoms with van der Waals surface area (Å²) in [6.07, 6.45) is 8.52. The molecule has 0 fully saturated rings. The summed E-state index contributed by atoms with van der Waals surface area (Å²) in [5.41, 5.74) is 0. The molecule has 0 aromatic heterocycles. The fraction of sp³-hybridized carbons (Fsp3) is 1.00. The molecular formula is C9H22IN. The molecule has 0 aromatic carbocycles. The van der Waals surface area contributed by atoms with E-state index in [9.17, 15) is 0 Å². The molecule has 0 aromatic rings. The van der Waals surface area contributed by atoms with Gasteiger partial charge in [-0.1, -0.05) is 32.6 Å². The third-order valence-corrected chi connectivity index (χ3v) is 1.85. The summed E-state index contributed by atoms with van der Waals surface area (Å²) < 4.78 is 0. The molecule has 0 radical (unpaired) electrons. The van der Waals surface area contributed by atoms with E-state index in [-0.39, 0.29) is 24.0 Å². The number of quaternary nitrogens is 1. The van der Waals surface area contributed by atoms with Gasteiger partial charge in [-0.15, -0.1) is 0 Å². The molecule has 0 amide bonds. The summed E-state index contributed by atoms with van der Waals surface area (Å²) >= 11 is 0. The van der Waals surface area contributed by atoms with E-state index in [2.05, 4.69) is 19.3 Å². The van der Waals surface area contributed by atoms with Crippen LogP contribution in [-0.2, 0) is 0 Å². The van der Waals surface area contributed by atoms with Gasteiger partial charge in [0, 0.05) is 0 Å². The van der Waals surface area contributed by atoms with Crippen molar-refractivity contribution in [3.8, 4) is 0 Å². The van der Waals surface area contributed by atoms with Crippen LogP contribution in [0, 0.1) is 0 Å². The number of hydrogen-bond acceptors (Lipinski definition) is 0. The van der Waals surface area contributed by atoms with Crippen molar-refractivity contribution in [1.82, 2.24) is 0 Å². The van der Waals surface area contributed by atoms with Crippen molar-refractivity contribution in [2.24, 2.45) is 0 Å². The van der Waals surface area contributed by atoms with Gasteiger partial charge in [-0.3, -0.25) is 0 Å². The summed E-state index contributed by atoms with van der Waals surface area (Å²) in [4.78, 5) is 0. The van der Waals surface area contributed by atoms with Gasteiger partial charge in [-0.05, 0) is 12.8 Å². The number of hydrogen-bond donors (Lipinski definition) is 1. The van der Waals surface area contributed by atoms with Crippen LogP contribution in [0.5, 0.6) is 0 Å². The van der Waals surface area contributed by atoms with E-state index in [0.29, 0.717) is 0 Å². The predicted molar refractivity (Wildman–Crippen MR) is 46.1 cm³/mol. The lowest BCUT2D eigenvalue weighted by molar-refractivity contribution is -0.627. The molecule has 0 heterocycles. The minimum Gasteiger partial charge on any atom is -1.00 e. The summed E-state index contributed by atoms with van der Waals surface area (Å²) in [6.45, 7) is 3.58. The number of nitrogens with two attached hydrogens (primary N) is 1. The molecule has 0 rings (SSSR count). The lowest BCUT2D eigenvalue weighted by atomic mass is 10.1. The zero-order chi connectivity index (χ0) is 7.66. The predicted octanol–water partition coefficient (Wildman–Crippen LogP) is -1.46. The smallest absolute Gasteiger partial charge is 0.0753 e. The van der Waals surface area contributed by atoms with Crippen LogP contribution in [0.25, 0.3) is 0 Å². The Morgan fingerprint density at radius 2 is 1.45 bits per heavy atom. The van der Waals surface area contributed by atoms with E-state index < -0.39 is 0 Å². The van der Waals surface area contributed by atoms with E-state index in [1.807, 2.05) is 0 Å². The first kappa shape index (κ1) is 14.2. The summed E-state index contributed by atoms with van der Waals surface area (Å²) in [7, 11) is 2.14. The maximum Gasteiger partial charge on any atom is 0.0753 e. The Morgan fingerprint density at radius 3 is 2.00 bits per heavy atom. The van der Waals surface area contributed by atoms with Crippen LogP contribution in [0.3, 0.4) is 0 Å². The van der Waals surface area contributed by atoms with Crippen LogP contribution in [0.1, 0.15) is 45.4 Å². The summed E-state index contributed by atoms with van der Waals surface area (Å²) in [5, 5.41) is 2.26. The Kier molecular flexibility index (Phi) is 17.2. The fourth-order valence-electron chi connectivity index (χ4n) is 1.13. The standard InChI is InChI=1S/C9H21N.HI/c1-3-4-5-6-7-8-9-10-2;/h10H,3-9H2,1-2H3;1H. The lowest BCUT2D eigenvalue weighted by Gasteiger charge is -1.97.